The molecule has 1 aromatic rings. The number of hydrogen-bond donors (Lipinski definition) is 1. The van der Waals surface area contributed by atoms with Crippen LogP contribution in [0.5, 0.6) is 0 Å². The van der Waals surface area contributed by atoms with Gasteiger partial charge in [-0.05, 0) is 64.1 Å². The Balaban J connectivity index is 1.84. The predicted octanol–water partition coefficient (Wildman–Crippen LogP) is 3.63. The highest BCUT2D eigenvalue weighted by Gasteiger charge is 2.37. The van der Waals surface area contributed by atoms with Gasteiger partial charge in [0.2, 0.25) is 0 Å². The van der Waals surface area contributed by atoms with Gasteiger partial charge in [-0.3, -0.25) is 4.90 Å². The van der Waals surface area contributed by atoms with E-state index in [0.29, 0.717) is 0 Å². The molecule has 0 bridgehead atoms. The van der Waals surface area contributed by atoms with Gasteiger partial charge in [0.15, 0.2) is 0 Å². The molecule has 0 aliphatic carbocycles. The number of benzene rings is 1. The van der Waals surface area contributed by atoms with Crippen LogP contribution in [0.2, 0.25) is 0 Å². The normalized spacial score (nSPS) is 20.8. The molecule has 2 heteroatoms. The maximum absolute atomic E-state index is 10.7. The van der Waals surface area contributed by atoms with E-state index in [0.717, 1.165) is 38.8 Å². The fourth-order valence-electron chi connectivity index (χ4n) is 3.35. The Morgan fingerprint density at radius 3 is 2.45 bits per heavy atom. The van der Waals surface area contributed by atoms with Crippen molar-refractivity contribution >= 4 is 0 Å². The summed E-state index contributed by atoms with van der Waals surface area (Å²) in [4.78, 5) is 2.50. The molecule has 1 heterocycles. The molecule has 1 saturated heterocycles. The van der Waals surface area contributed by atoms with E-state index in [-0.39, 0.29) is 11.6 Å². The molecule has 0 spiro atoms. The molecule has 1 N–H and O–H groups in total. The van der Waals surface area contributed by atoms with E-state index in [1.807, 2.05) is 0 Å². The zero-order chi connectivity index (χ0) is 14.4. The fraction of sp³-hybridized carbons (Fsp3) is 0.667. The molecular weight excluding hydrogens is 246 g/mol. The van der Waals surface area contributed by atoms with Gasteiger partial charge in [-0.15, -0.1) is 0 Å². The summed E-state index contributed by atoms with van der Waals surface area (Å²) in [5, 5.41) is 10.7. The highest BCUT2D eigenvalue weighted by atomic mass is 16.3. The lowest BCUT2D eigenvalue weighted by Crippen LogP contribution is -2.53. The molecule has 1 aliphatic rings. The van der Waals surface area contributed by atoms with Crippen molar-refractivity contribution in [3.05, 3.63) is 35.9 Å². The van der Waals surface area contributed by atoms with Crippen LogP contribution in [0.3, 0.4) is 0 Å². The number of nitrogens with zero attached hydrogens (tertiary/aromatic N) is 1. The van der Waals surface area contributed by atoms with Crippen molar-refractivity contribution < 1.29 is 5.11 Å². The van der Waals surface area contributed by atoms with E-state index < -0.39 is 0 Å². The van der Waals surface area contributed by atoms with E-state index in [1.54, 1.807) is 0 Å². The topological polar surface area (TPSA) is 23.5 Å². The van der Waals surface area contributed by atoms with Gasteiger partial charge in [0.05, 0.1) is 6.10 Å². The van der Waals surface area contributed by atoms with Crippen molar-refractivity contribution in [3.63, 3.8) is 0 Å². The molecule has 2 rings (SSSR count). The molecule has 1 aliphatic heterocycles. The average Bonchev–Trinajstić information content (AvgIpc) is 3.02. The number of rotatable bonds is 7. The Kier molecular flexibility index (Phi) is 5.62. The number of aliphatic hydroxyl groups is 1. The van der Waals surface area contributed by atoms with Crippen molar-refractivity contribution in [2.24, 2.45) is 0 Å². The lowest BCUT2D eigenvalue weighted by Gasteiger charge is -2.42. The number of aryl methyl sites for hydroxylation is 1. The third-order valence-electron chi connectivity index (χ3n) is 5.05. The van der Waals surface area contributed by atoms with Gasteiger partial charge in [-0.25, -0.2) is 0 Å². The SMILES string of the molecule is CCC(C)(C(O)CCCc1ccccc1)N1CCCC1. The highest BCUT2D eigenvalue weighted by molar-refractivity contribution is 5.14. The summed E-state index contributed by atoms with van der Waals surface area (Å²) >= 11 is 0. The molecule has 0 radical (unpaired) electrons. The number of likely N-dealkylation sites (tertiary alicyclic amines) is 1. The van der Waals surface area contributed by atoms with E-state index in [1.165, 1.54) is 18.4 Å². The second-order valence-corrected chi connectivity index (χ2v) is 6.30. The zero-order valence-corrected chi connectivity index (χ0v) is 13.0. The van der Waals surface area contributed by atoms with Crippen molar-refractivity contribution in [1.29, 1.82) is 0 Å². The van der Waals surface area contributed by atoms with Gasteiger partial charge in [-0.1, -0.05) is 37.3 Å². The van der Waals surface area contributed by atoms with E-state index in [9.17, 15) is 5.11 Å². The van der Waals surface area contributed by atoms with Crippen LogP contribution in [0.15, 0.2) is 30.3 Å². The quantitative estimate of drug-likeness (QED) is 0.821. The Labute approximate surface area is 123 Å². The second kappa shape index (κ2) is 7.24. The monoisotopic (exact) mass is 275 g/mol. The molecule has 2 unspecified atom stereocenters. The Bertz CT molecular complexity index is 386. The molecule has 1 aromatic carbocycles. The summed E-state index contributed by atoms with van der Waals surface area (Å²) in [7, 11) is 0. The first kappa shape index (κ1) is 15.5. The van der Waals surface area contributed by atoms with Crippen LogP contribution in [-0.4, -0.2) is 34.7 Å². The van der Waals surface area contributed by atoms with Gasteiger partial charge in [0.1, 0.15) is 0 Å². The largest absolute Gasteiger partial charge is 0.391 e. The molecule has 20 heavy (non-hydrogen) atoms. The van der Waals surface area contributed by atoms with Gasteiger partial charge in [-0.2, -0.15) is 0 Å². The second-order valence-electron chi connectivity index (χ2n) is 6.30. The molecule has 2 nitrogen and oxygen atoms in total. The lowest BCUT2D eigenvalue weighted by molar-refractivity contribution is -0.0174. The van der Waals surface area contributed by atoms with Crippen molar-refractivity contribution in [3.8, 4) is 0 Å². The van der Waals surface area contributed by atoms with Gasteiger partial charge in [0.25, 0.3) is 0 Å². The summed E-state index contributed by atoms with van der Waals surface area (Å²) in [6.07, 6.45) is 6.41. The van der Waals surface area contributed by atoms with Gasteiger partial charge in [0, 0.05) is 5.54 Å². The smallest absolute Gasteiger partial charge is 0.0721 e. The number of aliphatic hydroxyl groups excluding tert-OH is 1. The van der Waals surface area contributed by atoms with Crippen LogP contribution >= 0.6 is 0 Å². The lowest BCUT2D eigenvalue weighted by atomic mass is 9.86. The minimum absolute atomic E-state index is 0.0345. The van der Waals surface area contributed by atoms with E-state index >= 15 is 0 Å². The molecule has 0 saturated carbocycles. The van der Waals surface area contributed by atoms with Crippen molar-refractivity contribution in [1.82, 2.24) is 4.90 Å². The van der Waals surface area contributed by atoms with Crippen LogP contribution in [0, 0.1) is 0 Å². The van der Waals surface area contributed by atoms with Crippen molar-refractivity contribution in [2.45, 2.75) is 64.0 Å². The summed E-state index contributed by atoms with van der Waals surface area (Å²) in [5.41, 5.74) is 1.34. The molecular formula is C18H29NO. The zero-order valence-electron chi connectivity index (χ0n) is 13.0. The van der Waals surface area contributed by atoms with Crippen molar-refractivity contribution in [2.75, 3.05) is 13.1 Å². The molecule has 0 aromatic heterocycles. The molecule has 2 atom stereocenters. The van der Waals surface area contributed by atoms with Crippen LogP contribution in [0.1, 0.15) is 51.5 Å². The standard InChI is InChI=1S/C18H29NO/c1-3-18(2,19-14-7-8-15-19)17(20)13-9-12-16-10-5-4-6-11-16/h4-6,10-11,17,20H,3,7-9,12-15H2,1-2H3. The minimum Gasteiger partial charge on any atom is -0.391 e. The number of hydrogen-bond acceptors (Lipinski definition) is 2. The third-order valence-corrected chi connectivity index (χ3v) is 5.05. The van der Waals surface area contributed by atoms with Gasteiger partial charge < -0.3 is 5.11 Å². The Morgan fingerprint density at radius 1 is 1.20 bits per heavy atom. The first-order valence-corrected chi connectivity index (χ1v) is 8.14. The van der Waals surface area contributed by atoms with Crippen LogP contribution in [0.4, 0.5) is 0 Å². The molecule has 112 valence electrons. The molecule has 0 amide bonds. The first-order valence-electron chi connectivity index (χ1n) is 8.14. The maximum atomic E-state index is 10.7. The van der Waals surface area contributed by atoms with E-state index in [2.05, 4.69) is 49.1 Å². The summed E-state index contributed by atoms with van der Waals surface area (Å²) in [6, 6.07) is 10.6. The highest BCUT2D eigenvalue weighted by Crippen LogP contribution is 2.30. The third kappa shape index (κ3) is 3.62. The minimum atomic E-state index is -0.214. The first-order chi connectivity index (χ1) is 9.66. The van der Waals surface area contributed by atoms with Crippen LogP contribution < -0.4 is 0 Å². The summed E-state index contributed by atoms with van der Waals surface area (Å²) in [6.45, 7) is 6.75. The molecule has 1 fully saturated rings. The Hall–Kier alpha value is -0.860. The predicted molar refractivity (Wildman–Crippen MR) is 84.9 cm³/mol. The van der Waals surface area contributed by atoms with Crippen LogP contribution in [0.25, 0.3) is 0 Å². The van der Waals surface area contributed by atoms with E-state index in [4.69, 9.17) is 0 Å². The van der Waals surface area contributed by atoms with Crippen LogP contribution in [-0.2, 0) is 6.42 Å². The maximum Gasteiger partial charge on any atom is 0.0721 e. The average molecular weight is 275 g/mol. The fourth-order valence-corrected chi connectivity index (χ4v) is 3.35. The summed E-state index contributed by atoms with van der Waals surface area (Å²) in [5.74, 6) is 0. The Morgan fingerprint density at radius 2 is 1.85 bits per heavy atom. The van der Waals surface area contributed by atoms with Gasteiger partial charge >= 0.3 is 0 Å². The summed E-state index contributed by atoms with van der Waals surface area (Å²) < 4.78 is 0.